The largest absolute Gasteiger partial charge is 0.474 e. The summed E-state index contributed by atoms with van der Waals surface area (Å²) >= 11 is 1.70. The number of fused-ring (bicyclic) bond motifs is 3. The van der Waals surface area contributed by atoms with E-state index in [-0.39, 0.29) is 17.9 Å². The first-order chi connectivity index (χ1) is 14.1. The highest BCUT2D eigenvalue weighted by atomic mass is 32.1. The molecule has 2 aromatic heterocycles. The van der Waals surface area contributed by atoms with Gasteiger partial charge in [0.05, 0.1) is 5.39 Å². The van der Waals surface area contributed by atoms with Gasteiger partial charge in [-0.25, -0.2) is 14.8 Å². The molecule has 2 atom stereocenters. The van der Waals surface area contributed by atoms with E-state index in [1.807, 2.05) is 7.05 Å². The zero-order chi connectivity index (χ0) is 20.0. The van der Waals surface area contributed by atoms with Crippen LogP contribution in [0.3, 0.4) is 0 Å². The zero-order valence-electron chi connectivity index (χ0n) is 16.4. The van der Waals surface area contributed by atoms with Crippen molar-refractivity contribution in [2.75, 3.05) is 7.05 Å². The predicted molar refractivity (Wildman–Crippen MR) is 109 cm³/mol. The summed E-state index contributed by atoms with van der Waals surface area (Å²) in [5.41, 5.74) is 1.22. The Morgan fingerprint density at radius 1 is 1.21 bits per heavy atom. The van der Waals surface area contributed by atoms with Crippen LogP contribution < -0.4 is 20.7 Å². The maximum atomic E-state index is 12.0. The van der Waals surface area contributed by atoms with Crippen LogP contribution in [0.25, 0.3) is 10.2 Å². The van der Waals surface area contributed by atoms with Crippen molar-refractivity contribution in [1.29, 1.82) is 0 Å². The van der Waals surface area contributed by atoms with Crippen molar-refractivity contribution < 1.29 is 14.3 Å². The van der Waals surface area contributed by atoms with Gasteiger partial charge in [-0.15, -0.1) is 11.3 Å². The second kappa shape index (κ2) is 7.53. The van der Waals surface area contributed by atoms with Gasteiger partial charge in [0.25, 0.3) is 5.91 Å². The molecule has 0 bridgehead atoms. The van der Waals surface area contributed by atoms with E-state index < -0.39 is 12.1 Å². The number of rotatable bonds is 5. The topological polar surface area (TPSA) is 105 Å². The highest BCUT2D eigenvalue weighted by molar-refractivity contribution is 7.19. The molecule has 154 valence electrons. The first-order valence-electron chi connectivity index (χ1n) is 10.3. The molecule has 0 unspecified atom stereocenters. The molecule has 1 saturated carbocycles. The molecular weight excluding hydrogens is 390 g/mol. The molecule has 3 N–H and O–H groups in total. The summed E-state index contributed by atoms with van der Waals surface area (Å²) in [6.07, 6.45) is 8.54. The SMILES string of the molecule is CN[C@H]1CC[C@H](Oc2ncnc3sc4c(c23)[C@@H](C[C@H]2NC(=O)NC2=O)CC4)CC1. The second-order valence-electron chi connectivity index (χ2n) is 8.16. The van der Waals surface area contributed by atoms with Gasteiger partial charge in [-0.05, 0) is 63.5 Å². The van der Waals surface area contributed by atoms with Crippen LogP contribution in [0.2, 0.25) is 0 Å². The van der Waals surface area contributed by atoms with E-state index in [1.165, 1.54) is 10.4 Å². The van der Waals surface area contributed by atoms with Gasteiger partial charge in [0.2, 0.25) is 5.88 Å². The number of carbonyl (C=O) groups is 2. The van der Waals surface area contributed by atoms with Gasteiger partial charge in [0, 0.05) is 10.9 Å². The molecule has 0 radical (unpaired) electrons. The van der Waals surface area contributed by atoms with Crippen LogP contribution in [0, 0.1) is 0 Å². The molecule has 0 spiro atoms. The lowest BCUT2D eigenvalue weighted by molar-refractivity contribution is -0.120. The lowest BCUT2D eigenvalue weighted by atomic mass is 9.92. The summed E-state index contributed by atoms with van der Waals surface area (Å²) in [6.45, 7) is 0. The number of urea groups is 1. The molecule has 1 aliphatic heterocycles. The van der Waals surface area contributed by atoms with Crippen LogP contribution in [0.5, 0.6) is 5.88 Å². The zero-order valence-corrected chi connectivity index (χ0v) is 17.2. The summed E-state index contributed by atoms with van der Waals surface area (Å²) in [6, 6.07) is -0.306. The molecule has 2 aliphatic carbocycles. The first kappa shape index (κ1) is 18.7. The number of imide groups is 1. The number of aryl methyl sites for hydroxylation is 1. The lowest BCUT2D eigenvalue weighted by Gasteiger charge is -2.28. The normalized spacial score (nSPS) is 29.0. The molecule has 0 aromatic carbocycles. The van der Waals surface area contributed by atoms with Crippen LogP contribution in [-0.4, -0.2) is 47.1 Å². The molecule has 2 fully saturated rings. The molecule has 9 heteroatoms. The third-order valence-corrected chi connectivity index (χ3v) is 7.61. The smallest absolute Gasteiger partial charge is 0.322 e. The molecule has 29 heavy (non-hydrogen) atoms. The fourth-order valence-corrected chi connectivity index (χ4v) is 6.13. The number of aromatic nitrogens is 2. The molecule has 3 heterocycles. The third-order valence-electron chi connectivity index (χ3n) is 6.43. The van der Waals surface area contributed by atoms with Gasteiger partial charge in [0.15, 0.2) is 0 Å². The highest BCUT2D eigenvalue weighted by Gasteiger charge is 2.37. The first-order valence-corrected chi connectivity index (χ1v) is 11.2. The number of nitrogens with zero attached hydrogens (tertiary/aromatic N) is 2. The van der Waals surface area contributed by atoms with E-state index in [2.05, 4.69) is 25.9 Å². The van der Waals surface area contributed by atoms with Crippen molar-refractivity contribution in [3.05, 3.63) is 16.8 Å². The minimum atomic E-state index is -0.473. The van der Waals surface area contributed by atoms with E-state index in [0.29, 0.717) is 18.3 Å². The summed E-state index contributed by atoms with van der Waals surface area (Å²) in [4.78, 5) is 34.7. The molecule has 3 amide bonds. The maximum Gasteiger partial charge on any atom is 0.322 e. The predicted octanol–water partition coefficient (Wildman–Crippen LogP) is 2.23. The molecule has 5 rings (SSSR count). The minimum Gasteiger partial charge on any atom is -0.474 e. The van der Waals surface area contributed by atoms with E-state index in [1.54, 1.807) is 17.7 Å². The van der Waals surface area contributed by atoms with Crippen molar-refractivity contribution in [1.82, 2.24) is 25.9 Å². The van der Waals surface area contributed by atoms with Crippen molar-refractivity contribution >= 4 is 33.5 Å². The fourth-order valence-electron chi connectivity index (χ4n) is 4.90. The average Bonchev–Trinajstić information content (AvgIpc) is 3.37. The molecule has 1 saturated heterocycles. The van der Waals surface area contributed by atoms with E-state index in [0.717, 1.165) is 48.7 Å². The maximum absolute atomic E-state index is 12.0. The monoisotopic (exact) mass is 415 g/mol. The molecular formula is C20H25N5O3S. The number of nitrogens with one attached hydrogen (secondary N) is 3. The van der Waals surface area contributed by atoms with Crippen LogP contribution in [0.1, 0.15) is 54.9 Å². The van der Waals surface area contributed by atoms with Crippen molar-refractivity contribution in [2.24, 2.45) is 0 Å². The van der Waals surface area contributed by atoms with Gasteiger partial charge in [0.1, 0.15) is 23.3 Å². The fraction of sp³-hybridized carbons (Fsp3) is 0.600. The number of carbonyl (C=O) groups excluding carboxylic acids is 2. The number of thiophene rings is 1. The van der Waals surface area contributed by atoms with E-state index >= 15 is 0 Å². The second-order valence-corrected chi connectivity index (χ2v) is 9.25. The van der Waals surface area contributed by atoms with Crippen molar-refractivity contribution in [3.63, 3.8) is 0 Å². The Bertz CT molecular complexity index is 953. The Morgan fingerprint density at radius 3 is 2.76 bits per heavy atom. The molecule has 3 aliphatic rings. The van der Waals surface area contributed by atoms with E-state index in [4.69, 9.17) is 4.74 Å². The number of amides is 3. The standard InChI is InChI=1S/C20H25N5O3S/c1-21-11-3-5-12(6-4-11)28-18-16-15-10(8-13-17(26)25-20(27)24-13)2-7-14(15)29-19(16)23-9-22-18/h9-13,21H,2-8H2,1H3,(H2,24,25,26,27)/t10-,11-,12-,13-/m1/s1. The van der Waals surface area contributed by atoms with Gasteiger partial charge in [-0.3, -0.25) is 10.1 Å². The Labute approximate surface area is 172 Å². The Kier molecular flexibility index (Phi) is 4.87. The number of hydrogen-bond acceptors (Lipinski definition) is 7. The van der Waals surface area contributed by atoms with Gasteiger partial charge >= 0.3 is 6.03 Å². The average molecular weight is 416 g/mol. The quantitative estimate of drug-likeness (QED) is 0.647. The van der Waals surface area contributed by atoms with Gasteiger partial charge in [-0.2, -0.15) is 0 Å². The number of ether oxygens (including phenoxy) is 1. The van der Waals surface area contributed by atoms with Crippen molar-refractivity contribution in [3.8, 4) is 5.88 Å². The summed E-state index contributed by atoms with van der Waals surface area (Å²) in [5.74, 6) is 0.630. The Balaban J connectivity index is 1.41. The van der Waals surface area contributed by atoms with Crippen LogP contribution in [0.4, 0.5) is 4.79 Å². The van der Waals surface area contributed by atoms with Crippen molar-refractivity contribution in [2.45, 2.75) is 69.1 Å². The Hall–Kier alpha value is -2.26. The lowest BCUT2D eigenvalue weighted by Crippen LogP contribution is -2.34. The summed E-state index contributed by atoms with van der Waals surface area (Å²) in [7, 11) is 2.02. The highest BCUT2D eigenvalue weighted by Crippen LogP contribution is 2.47. The van der Waals surface area contributed by atoms with Crippen LogP contribution in [0.15, 0.2) is 6.33 Å². The van der Waals surface area contributed by atoms with Crippen LogP contribution >= 0.6 is 11.3 Å². The minimum absolute atomic E-state index is 0.174. The molecule has 2 aromatic rings. The Morgan fingerprint density at radius 2 is 2.03 bits per heavy atom. The van der Waals surface area contributed by atoms with Crippen LogP contribution in [-0.2, 0) is 11.2 Å². The van der Waals surface area contributed by atoms with Gasteiger partial charge in [-0.1, -0.05) is 0 Å². The van der Waals surface area contributed by atoms with E-state index in [9.17, 15) is 9.59 Å². The molecule has 8 nitrogen and oxygen atoms in total. The summed E-state index contributed by atoms with van der Waals surface area (Å²) < 4.78 is 6.38. The summed E-state index contributed by atoms with van der Waals surface area (Å²) in [5, 5.41) is 9.42. The third kappa shape index (κ3) is 3.46. The number of hydrogen-bond donors (Lipinski definition) is 3. The van der Waals surface area contributed by atoms with Gasteiger partial charge < -0.3 is 15.4 Å².